The summed E-state index contributed by atoms with van der Waals surface area (Å²) in [5, 5.41) is 7.60. The van der Waals surface area contributed by atoms with E-state index in [1.807, 2.05) is 61.5 Å². The van der Waals surface area contributed by atoms with Crippen molar-refractivity contribution in [2.75, 3.05) is 17.2 Å². The van der Waals surface area contributed by atoms with E-state index in [1.54, 1.807) is 4.90 Å². The number of amides is 3. The minimum atomic E-state index is -4.76. The van der Waals surface area contributed by atoms with E-state index in [4.69, 9.17) is 0 Å². The zero-order chi connectivity index (χ0) is 32.8. The predicted octanol–water partition coefficient (Wildman–Crippen LogP) is 7.51. The molecule has 13 heteroatoms. The number of thioether (sulfide) groups is 1. The molecule has 46 heavy (non-hydrogen) atoms. The van der Waals surface area contributed by atoms with E-state index in [-0.39, 0.29) is 23.3 Å². The smallest absolute Gasteiger partial charge is 0.406 e. The van der Waals surface area contributed by atoms with Gasteiger partial charge in [0.1, 0.15) is 12.1 Å². The highest BCUT2D eigenvalue weighted by atomic mass is 32.2. The lowest BCUT2D eigenvalue weighted by Gasteiger charge is -2.22. The van der Waals surface area contributed by atoms with Crippen LogP contribution < -0.4 is 15.0 Å². The average Bonchev–Trinajstić information content (AvgIpc) is 3.63. The number of benzene rings is 3. The molecule has 0 saturated carbocycles. The number of anilines is 1. The number of hydrogen-bond donors (Lipinski definition) is 1. The van der Waals surface area contributed by atoms with Gasteiger partial charge >= 0.3 is 12.4 Å². The standard InChI is InChI=1S/C33H31F3N6O3S/c1-21(2)27-15-10-22(3)17-28(27)42-29(43)19-46-32(42)39-31(44)37-16-5-4-7-23-8-6-9-24(18-23)30-38-20-41(40-30)25-11-13-26(14-12-25)45-33(34,35)36/h4,6-15,17-18,20-21H,5,16,19H2,1-3H3,(H,37,44)/b7-4+,39-32?. The number of rotatable bonds is 9. The van der Waals surface area contributed by atoms with E-state index in [9.17, 15) is 22.8 Å². The normalized spacial score (nSPS) is 14.5. The summed E-state index contributed by atoms with van der Waals surface area (Å²) in [5.74, 6) is 0.438. The van der Waals surface area contributed by atoms with Crippen molar-refractivity contribution in [1.29, 1.82) is 0 Å². The highest BCUT2D eigenvalue weighted by Crippen LogP contribution is 2.34. The van der Waals surface area contributed by atoms with Crippen LogP contribution >= 0.6 is 11.8 Å². The molecule has 3 amide bonds. The molecule has 5 rings (SSSR count). The summed E-state index contributed by atoms with van der Waals surface area (Å²) in [6.07, 6.45) is 1.10. The number of hydrogen-bond acceptors (Lipinski definition) is 6. The molecule has 0 unspecified atom stereocenters. The first kappa shape index (κ1) is 32.5. The lowest BCUT2D eigenvalue weighted by molar-refractivity contribution is -0.274. The van der Waals surface area contributed by atoms with Crippen molar-refractivity contribution in [1.82, 2.24) is 20.1 Å². The van der Waals surface area contributed by atoms with Gasteiger partial charge in [-0.25, -0.2) is 14.5 Å². The second-order valence-corrected chi connectivity index (χ2v) is 11.7. The molecule has 0 aliphatic carbocycles. The lowest BCUT2D eigenvalue weighted by atomic mass is 9.99. The van der Waals surface area contributed by atoms with Crippen molar-refractivity contribution in [2.45, 2.75) is 39.5 Å². The van der Waals surface area contributed by atoms with Crippen molar-refractivity contribution in [2.24, 2.45) is 4.99 Å². The number of aryl methyl sites for hydroxylation is 1. The number of amidine groups is 1. The number of urea groups is 1. The summed E-state index contributed by atoms with van der Waals surface area (Å²) >= 11 is 1.25. The summed E-state index contributed by atoms with van der Waals surface area (Å²) in [6.45, 7) is 6.44. The molecule has 1 aromatic heterocycles. The molecule has 2 heterocycles. The summed E-state index contributed by atoms with van der Waals surface area (Å²) in [5.41, 5.74) is 4.97. The maximum atomic E-state index is 12.8. The van der Waals surface area contributed by atoms with Gasteiger partial charge in [-0.05, 0) is 72.4 Å². The van der Waals surface area contributed by atoms with Crippen LogP contribution in [0.25, 0.3) is 23.2 Å². The molecule has 3 aromatic carbocycles. The fraction of sp³-hybridized carbons (Fsp3) is 0.242. The highest BCUT2D eigenvalue weighted by molar-refractivity contribution is 8.15. The van der Waals surface area contributed by atoms with E-state index in [0.29, 0.717) is 29.6 Å². The monoisotopic (exact) mass is 648 g/mol. The summed E-state index contributed by atoms with van der Waals surface area (Å²) in [4.78, 5) is 35.5. The molecule has 1 aliphatic rings. The van der Waals surface area contributed by atoms with Crippen LogP contribution in [0.5, 0.6) is 5.75 Å². The largest absolute Gasteiger partial charge is 0.573 e. The molecular weight excluding hydrogens is 617 g/mol. The van der Waals surface area contributed by atoms with Gasteiger partial charge in [0.15, 0.2) is 11.0 Å². The SMILES string of the molecule is Cc1ccc(C(C)C)c(N2C(=O)CSC2=NC(=O)NCC/C=C/c2cccc(-c3ncn(-c4ccc(OC(F)(F)F)cc4)n3)c2)c1. The molecule has 0 bridgehead atoms. The third kappa shape index (κ3) is 8.21. The molecule has 1 fully saturated rings. The molecule has 1 saturated heterocycles. The number of aliphatic imine (C=N–C) groups is 1. The number of carbonyl (C=O) groups excluding carboxylic acids is 2. The van der Waals surface area contributed by atoms with Crippen LogP contribution in [0.1, 0.15) is 42.9 Å². The molecule has 4 aromatic rings. The second kappa shape index (κ2) is 14.0. The van der Waals surface area contributed by atoms with Gasteiger partial charge in [-0.1, -0.05) is 68.1 Å². The Morgan fingerprint density at radius 2 is 1.91 bits per heavy atom. The number of ether oxygens (including phenoxy) is 1. The number of nitrogens with one attached hydrogen (secondary N) is 1. The third-order valence-corrected chi connectivity index (χ3v) is 7.80. The molecule has 1 aliphatic heterocycles. The van der Waals surface area contributed by atoms with Crippen LogP contribution in [0.3, 0.4) is 0 Å². The third-order valence-electron chi connectivity index (χ3n) is 6.88. The Balaban J connectivity index is 1.16. The maximum Gasteiger partial charge on any atom is 0.573 e. The van der Waals surface area contributed by atoms with Gasteiger partial charge in [0.2, 0.25) is 5.91 Å². The van der Waals surface area contributed by atoms with Crippen LogP contribution in [-0.2, 0) is 4.79 Å². The summed E-state index contributed by atoms with van der Waals surface area (Å²) in [7, 11) is 0. The first-order valence-electron chi connectivity index (χ1n) is 14.4. The van der Waals surface area contributed by atoms with Crippen molar-refractivity contribution in [3.8, 4) is 22.8 Å². The van der Waals surface area contributed by atoms with Gasteiger partial charge in [0.25, 0.3) is 0 Å². The minimum absolute atomic E-state index is 0.107. The summed E-state index contributed by atoms with van der Waals surface area (Å²) in [6, 6.07) is 18.3. The van der Waals surface area contributed by atoms with Crippen LogP contribution in [0.15, 0.2) is 84.1 Å². The first-order chi connectivity index (χ1) is 22.0. The molecule has 9 nitrogen and oxygen atoms in total. The van der Waals surface area contributed by atoms with Crippen molar-refractivity contribution in [3.05, 3.63) is 95.8 Å². The Hall–Kier alpha value is -4.91. The van der Waals surface area contributed by atoms with Crippen molar-refractivity contribution >= 4 is 40.6 Å². The fourth-order valence-electron chi connectivity index (χ4n) is 4.73. The van der Waals surface area contributed by atoms with Crippen molar-refractivity contribution < 1.29 is 27.5 Å². The predicted molar refractivity (Wildman–Crippen MR) is 173 cm³/mol. The van der Waals surface area contributed by atoms with E-state index >= 15 is 0 Å². The first-order valence-corrected chi connectivity index (χ1v) is 15.4. The second-order valence-electron chi connectivity index (χ2n) is 10.7. The number of alkyl halides is 3. The molecule has 0 atom stereocenters. The van der Waals surface area contributed by atoms with Crippen LogP contribution in [0.2, 0.25) is 0 Å². The fourth-order valence-corrected chi connectivity index (χ4v) is 5.59. The van der Waals surface area contributed by atoms with Crippen molar-refractivity contribution in [3.63, 3.8) is 0 Å². The molecule has 238 valence electrons. The zero-order valence-electron chi connectivity index (χ0n) is 25.3. The Kier molecular flexibility index (Phi) is 9.90. The number of nitrogens with zero attached hydrogens (tertiary/aromatic N) is 5. The van der Waals surface area contributed by atoms with E-state index in [0.717, 1.165) is 27.9 Å². The zero-order valence-corrected chi connectivity index (χ0v) is 26.1. The van der Waals surface area contributed by atoms with Crippen LogP contribution in [0, 0.1) is 6.92 Å². The maximum absolute atomic E-state index is 12.8. The quantitative estimate of drug-likeness (QED) is 0.189. The van der Waals surface area contributed by atoms with Gasteiger partial charge in [0, 0.05) is 12.1 Å². The topological polar surface area (TPSA) is 102 Å². The molecular formula is C33H31F3N6O3S. The lowest BCUT2D eigenvalue weighted by Crippen LogP contribution is -2.32. The minimum Gasteiger partial charge on any atom is -0.406 e. The van der Waals surface area contributed by atoms with Gasteiger partial charge in [-0.15, -0.1) is 18.3 Å². The Bertz CT molecular complexity index is 1780. The number of carbonyl (C=O) groups is 2. The molecule has 0 spiro atoms. The average molecular weight is 649 g/mol. The van der Waals surface area contributed by atoms with E-state index < -0.39 is 12.4 Å². The Labute approximate surface area is 268 Å². The van der Waals surface area contributed by atoms with Gasteiger partial charge in [0.05, 0.1) is 17.1 Å². The highest BCUT2D eigenvalue weighted by Gasteiger charge is 2.33. The van der Waals surface area contributed by atoms with Gasteiger partial charge in [-0.2, -0.15) is 4.99 Å². The van der Waals surface area contributed by atoms with Gasteiger partial charge in [-0.3, -0.25) is 9.69 Å². The van der Waals surface area contributed by atoms with E-state index in [2.05, 4.69) is 39.0 Å². The number of halogens is 3. The molecule has 1 N–H and O–H groups in total. The van der Waals surface area contributed by atoms with E-state index in [1.165, 1.54) is 47.0 Å². The summed E-state index contributed by atoms with van der Waals surface area (Å²) < 4.78 is 42.7. The number of aromatic nitrogens is 3. The Morgan fingerprint density at radius 3 is 2.65 bits per heavy atom. The van der Waals surface area contributed by atoms with Gasteiger partial charge < -0.3 is 10.1 Å². The Morgan fingerprint density at radius 1 is 1.13 bits per heavy atom. The van der Waals surface area contributed by atoms with Crippen LogP contribution in [0.4, 0.5) is 23.7 Å². The molecule has 0 radical (unpaired) electrons. The van der Waals surface area contributed by atoms with Crippen LogP contribution in [-0.4, -0.2) is 50.5 Å².